The van der Waals surface area contributed by atoms with E-state index in [9.17, 15) is 4.39 Å². The predicted octanol–water partition coefficient (Wildman–Crippen LogP) is 2.17. The van der Waals surface area contributed by atoms with E-state index in [4.69, 9.17) is 10.00 Å². The number of methoxy groups -OCH3 is 1. The molecule has 0 spiro atoms. The number of nitrogens with zero attached hydrogens (tertiary/aromatic N) is 2. The average molecular weight is 245 g/mol. The van der Waals surface area contributed by atoms with Gasteiger partial charge in [-0.1, -0.05) is 0 Å². The zero-order valence-electron chi connectivity index (χ0n) is 7.06. The number of hydrogen-bond acceptors (Lipinski definition) is 3. The summed E-state index contributed by atoms with van der Waals surface area (Å²) in [5.74, 6) is -0.716. The molecule has 0 unspecified atom stereocenters. The summed E-state index contributed by atoms with van der Waals surface area (Å²) in [6.45, 7) is 1.66. The third-order valence-electron chi connectivity index (χ3n) is 1.51. The second-order valence-electron chi connectivity index (χ2n) is 2.32. The van der Waals surface area contributed by atoms with Gasteiger partial charge in [-0.25, -0.2) is 4.98 Å². The molecule has 0 radical (unpaired) electrons. The Morgan fingerprint density at radius 1 is 1.62 bits per heavy atom. The molecule has 0 aliphatic heterocycles. The molecule has 13 heavy (non-hydrogen) atoms. The third kappa shape index (κ3) is 1.63. The molecule has 5 heteroatoms. The summed E-state index contributed by atoms with van der Waals surface area (Å²) in [5.41, 5.74) is 0.271. The van der Waals surface area contributed by atoms with Gasteiger partial charge in [0.05, 0.1) is 17.3 Å². The van der Waals surface area contributed by atoms with Crippen molar-refractivity contribution in [3.63, 3.8) is 0 Å². The highest BCUT2D eigenvalue weighted by Gasteiger charge is 2.16. The Labute approximate surface area is 83.3 Å². The maximum absolute atomic E-state index is 13.3. The van der Waals surface area contributed by atoms with Gasteiger partial charge in [-0.2, -0.15) is 9.65 Å². The summed E-state index contributed by atoms with van der Waals surface area (Å²) in [4.78, 5) is 3.74. The zero-order valence-corrected chi connectivity index (χ0v) is 8.64. The van der Waals surface area contributed by atoms with E-state index < -0.39 is 5.82 Å². The van der Waals surface area contributed by atoms with Gasteiger partial charge in [-0.05, 0) is 22.9 Å². The van der Waals surface area contributed by atoms with Crippen LogP contribution in [0.2, 0.25) is 0 Å². The molecule has 0 bridgehead atoms. The number of rotatable bonds is 1. The maximum atomic E-state index is 13.3. The smallest absolute Gasteiger partial charge is 0.202 e. The van der Waals surface area contributed by atoms with E-state index in [-0.39, 0.29) is 11.4 Å². The highest BCUT2D eigenvalue weighted by atomic mass is 79.9. The summed E-state index contributed by atoms with van der Waals surface area (Å²) in [5, 5.41) is 8.53. The van der Waals surface area contributed by atoms with Crippen LogP contribution < -0.4 is 4.74 Å². The topological polar surface area (TPSA) is 45.9 Å². The summed E-state index contributed by atoms with van der Waals surface area (Å²) in [6.07, 6.45) is 0. The minimum Gasteiger partial charge on any atom is -0.492 e. The van der Waals surface area contributed by atoms with Crippen LogP contribution >= 0.6 is 15.9 Å². The second-order valence-corrected chi connectivity index (χ2v) is 3.11. The van der Waals surface area contributed by atoms with E-state index in [0.29, 0.717) is 10.2 Å². The van der Waals surface area contributed by atoms with Crippen LogP contribution in [0.5, 0.6) is 5.75 Å². The number of nitriles is 1. The van der Waals surface area contributed by atoms with Crippen LogP contribution in [0.4, 0.5) is 4.39 Å². The van der Waals surface area contributed by atoms with Crippen molar-refractivity contribution in [3.8, 4) is 11.8 Å². The third-order valence-corrected chi connectivity index (χ3v) is 2.45. The first kappa shape index (κ1) is 9.93. The molecular formula is C8H6BrFN2O. The van der Waals surface area contributed by atoms with E-state index in [0.717, 1.165) is 0 Å². The average Bonchev–Trinajstić information content (AvgIpc) is 2.12. The number of ether oxygens (including phenoxy) is 1. The van der Waals surface area contributed by atoms with Crippen molar-refractivity contribution in [2.45, 2.75) is 6.92 Å². The molecule has 0 amide bonds. The fraction of sp³-hybridized carbons (Fsp3) is 0.250. The SMILES string of the molecule is COc1c(F)c(C#N)nc(C)c1Br. The lowest BCUT2D eigenvalue weighted by Gasteiger charge is -2.07. The maximum Gasteiger partial charge on any atom is 0.202 e. The van der Waals surface area contributed by atoms with Crippen molar-refractivity contribution in [1.82, 2.24) is 4.98 Å². The van der Waals surface area contributed by atoms with E-state index in [1.165, 1.54) is 7.11 Å². The van der Waals surface area contributed by atoms with Crippen molar-refractivity contribution < 1.29 is 9.13 Å². The second kappa shape index (κ2) is 3.71. The van der Waals surface area contributed by atoms with Gasteiger partial charge in [0.25, 0.3) is 0 Å². The first-order valence-electron chi connectivity index (χ1n) is 3.41. The fourth-order valence-corrected chi connectivity index (χ4v) is 1.31. The Morgan fingerprint density at radius 2 is 2.23 bits per heavy atom. The Kier molecular flexibility index (Phi) is 2.83. The molecule has 1 aromatic rings. The number of halogens is 2. The molecule has 68 valence electrons. The molecule has 0 N–H and O–H groups in total. The van der Waals surface area contributed by atoms with E-state index in [1.807, 2.05) is 0 Å². The quantitative estimate of drug-likeness (QED) is 0.761. The van der Waals surface area contributed by atoms with Gasteiger partial charge in [0.15, 0.2) is 11.4 Å². The van der Waals surface area contributed by atoms with Gasteiger partial charge in [-0.3, -0.25) is 0 Å². The summed E-state index contributed by atoms with van der Waals surface area (Å²) >= 11 is 3.12. The van der Waals surface area contributed by atoms with E-state index in [2.05, 4.69) is 20.9 Å². The van der Waals surface area contributed by atoms with Crippen LogP contribution in [0.15, 0.2) is 4.47 Å². The number of hydrogen-bond donors (Lipinski definition) is 0. The highest BCUT2D eigenvalue weighted by Crippen LogP contribution is 2.31. The lowest BCUT2D eigenvalue weighted by molar-refractivity contribution is 0.381. The van der Waals surface area contributed by atoms with Crippen molar-refractivity contribution in [2.75, 3.05) is 7.11 Å². The monoisotopic (exact) mass is 244 g/mol. The lowest BCUT2D eigenvalue weighted by atomic mass is 10.3. The van der Waals surface area contributed by atoms with Crippen LogP contribution in [0.25, 0.3) is 0 Å². The Balaban J connectivity index is 3.50. The molecule has 0 aliphatic rings. The largest absolute Gasteiger partial charge is 0.492 e. The Hall–Kier alpha value is -1.15. The van der Waals surface area contributed by atoms with Crippen LogP contribution in [-0.4, -0.2) is 12.1 Å². The molecule has 0 aromatic carbocycles. The first-order chi connectivity index (χ1) is 6.11. The molecule has 0 aliphatic carbocycles. The predicted molar refractivity (Wildman–Crippen MR) is 47.9 cm³/mol. The van der Waals surface area contributed by atoms with Gasteiger partial charge >= 0.3 is 0 Å². The molecular weight excluding hydrogens is 239 g/mol. The zero-order chi connectivity index (χ0) is 10.0. The van der Waals surface area contributed by atoms with E-state index in [1.54, 1.807) is 13.0 Å². The van der Waals surface area contributed by atoms with Crippen LogP contribution in [-0.2, 0) is 0 Å². The lowest BCUT2D eigenvalue weighted by Crippen LogP contribution is -1.99. The Morgan fingerprint density at radius 3 is 2.69 bits per heavy atom. The van der Waals surface area contributed by atoms with Crippen LogP contribution in [0.1, 0.15) is 11.4 Å². The normalized spacial score (nSPS) is 9.46. The standard InChI is InChI=1S/C8H6BrFN2O/c1-4-6(9)8(13-2)7(10)5(3-11)12-4/h1-2H3. The van der Waals surface area contributed by atoms with Crippen LogP contribution in [0, 0.1) is 24.1 Å². The van der Waals surface area contributed by atoms with Gasteiger partial charge in [0, 0.05) is 0 Å². The number of aryl methyl sites for hydroxylation is 1. The molecule has 0 atom stereocenters. The van der Waals surface area contributed by atoms with Crippen molar-refractivity contribution in [2.24, 2.45) is 0 Å². The van der Waals surface area contributed by atoms with Gasteiger partial charge in [0.1, 0.15) is 6.07 Å². The summed E-state index contributed by atoms with van der Waals surface area (Å²) in [7, 11) is 1.34. The molecule has 0 fully saturated rings. The fourth-order valence-electron chi connectivity index (χ4n) is 0.887. The molecule has 1 heterocycles. The molecule has 1 aromatic heterocycles. The van der Waals surface area contributed by atoms with Crippen molar-refractivity contribution >= 4 is 15.9 Å². The van der Waals surface area contributed by atoms with Gasteiger partial charge < -0.3 is 4.74 Å². The van der Waals surface area contributed by atoms with Gasteiger partial charge in [-0.15, -0.1) is 0 Å². The van der Waals surface area contributed by atoms with Crippen LogP contribution in [0.3, 0.4) is 0 Å². The van der Waals surface area contributed by atoms with Gasteiger partial charge in [0.2, 0.25) is 5.82 Å². The highest BCUT2D eigenvalue weighted by molar-refractivity contribution is 9.10. The Bertz CT molecular complexity index is 387. The minimum absolute atomic E-state index is 0.0176. The first-order valence-corrected chi connectivity index (χ1v) is 4.20. The number of pyridine rings is 1. The minimum atomic E-state index is -0.734. The van der Waals surface area contributed by atoms with Crippen molar-refractivity contribution in [1.29, 1.82) is 5.26 Å². The molecule has 3 nitrogen and oxygen atoms in total. The summed E-state index contributed by atoms with van der Waals surface area (Å²) < 4.78 is 18.5. The molecule has 1 rings (SSSR count). The molecule has 0 saturated heterocycles. The van der Waals surface area contributed by atoms with Crippen molar-refractivity contribution in [3.05, 3.63) is 21.7 Å². The summed E-state index contributed by atoms with van der Waals surface area (Å²) in [6, 6.07) is 1.65. The molecule has 0 saturated carbocycles. The van der Waals surface area contributed by atoms with E-state index >= 15 is 0 Å². The number of aromatic nitrogens is 1.